The second-order valence-electron chi connectivity index (χ2n) is 3.36. The lowest BCUT2D eigenvalue weighted by molar-refractivity contribution is -0.0566. The molecule has 15 heavy (non-hydrogen) atoms. The minimum absolute atomic E-state index is 0.303. The molecule has 0 bridgehead atoms. The third-order valence-corrected chi connectivity index (χ3v) is 3.22. The monoisotopic (exact) mass is 244 g/mol. The lowest BCUT2D eigenvalue weighted by Crippen LogP contribution is -2.31. The summed E-state index contributed by atoms with van der Waals surface area (Å²) in [5, 5.41) is 0. The summed E-state index contributed by atoms with van der Waals surface area (Å²) >= 11 is 0. The fourth-order valence-electron chi connectivity index (χ4n) is 1.32. The van der Waals surface area contributed by atoms with Crippen molar-refractivity contribution in [2.45, 2.75) is 37.8 Å². The fourth-order valence-corrected chi connectivity index (χ4v) is 1.99. The average molecular weight is 244 g/mol. The van der Waals surface area contributed by atoms with Gasteiger partial charge in [0, 0.05) is 0 Å². The molecule has 0 spiro atoms. The average Bonchev–Trinajstić information content (AvgIpc) is 2.06. The maximum Gasteiger partial charge on any atom is 0.523 e. The maximum absolute atomic E-state index is 12.0. The maximum atomic E-state index is 12.0. The van der Waals surface area contributed by atoms with Crippen LogP contribution in [0, 0.1) is 0 Å². The van der Waals surface area contributed by atoms with Gasteiger partial charge in [-0.1, -0.05) is 6.08 Å². The van der Waals surface area contributed by atoms with E-state index in [0.717, 1.165) is 6.42 Å². The van der Waals surface area contributed by atoms with Gasteiger partial charge in [-0.3, -0.25) is 4.18 Å². The van der Waals surface area contributed by atoms with Gasteiger partial charge in [0.05, 0.1) is 6.10 Å². The highest BCUT2D eigenvalue weighted by atomic mass is 32.2. The first-order valence-corrected chi connectivity index (χ1v) is 5.81. The third-order valence-electron chi connectivity index (χ3n) is 2.17. The fraction of sp³-hybridized carbons (Fsp3) is 0.750. The Bertz CT molecular complexity index is 356. The summed E-state index contributed by atoms with van der Waals surface area (Å²) in [6.45, 7) is 1.57. The Hall–Kier alpha value is -0.560. The van der Waals surface area contributed by atoms with Crippen molar-refractivity contribution >= 4 is 10.1 Å². The predicted molar refractivity (Wildman–Crippen MR) is 47.5 cm³/mol. The van der Waals surface area contributed by atoms with Crippen molar-refractivity contribution in [2.75, 3.05) is 0 Å². The smallest absolute Gasteiger partial charge is 0.255 e. The Morgan fingerprint density at radius 1 is 1.47 bits per heavy atom. The van der Waals surface area contributed by atoms with E-state index in [-0.39, 0.29) is 0 Å². The highest BCUT2D eigenvalue weighted by Crippen LogP contribution is 2.30. The zero-order valence-corrected chi connectivity index (χ0v) is 8.86. The summed E-state index contributed by atoms with van der Waals surface area (Å²) in [7, 11) is -5.47. The first-order chi connectivity index (χ1) is 6.74. The van der Waals surface area contributed by atoms with Crippen LogP contribution in [-0.4, -0.2) is 20.0 Å². The molecule has 0 heterocycles. The Balaban J connectivity index is 2.78. The topological polar surface area (TPSA) is 43.4 Å². The van der Waals surface area contributed by atoms with Crippen LogP contribution in [0.4, 0.5) is 13.2 Å². The van der Waals surface area contributed by atoms with Gasteiger partial charge >= 0.3 is 15.6 Å². The van der Waals surface area contributed by atoms with Gasteiger partial charge in [-0.05, 0) is 31.8 Å². The minimum Gasteiger partial charge on any atom is -0.255 e. The van der Waals surface area contributed by atoms with Crippen LogP contribution in [0.1, 0.15) is 26.2 Å². The molecule has 0 aliphatic heterocycles. The summed E-state index contributed by atoms with van der Waals surface area (Å²) in [5.41, 5.74) is -4.81. The second-order valence-corrected chi connectivity index (χ2v) is 4.93. The van der Waals surface area contributed by atoms with Crippen LogP contribution in [0.3, 0.4) is 0 Å². The molecule has 0 aromatic carbocycles. The van der Waals surface area contributed by atoms with Crippen molar-refractivity contribution in [1.29, 1.82) is 0 Å². The van der Waals surface area contributed by atoms with E-state index in [4.69, 9.17) is 0 Å². The third kappa shape index (κ3) is 2.94. The number of hydrogen-bond acceptors (Lipinski definition) is 3. The van der Waals surface area contributed by atoms with E-state index in [1.807, 2.05) is 0 Å². The normalized spacial score (nSPS) is 23.7. The molecular weight excluding hydrogens is 233 g/mol. The standard InChI is InChI=1S/C8H11F3O3S/c1-6-4-2-3-5-7(6)14-15(12,13)8(9,10)11/h4,7H,2-3,5H2,1H3. The quantitative estimate of drug-likeness (QED) is 0.425. The second kappa shape index (κ2) is 4.13. The van der Waals surface area contributed by atoms with Gasteiger partial charge in [0.15, 0.2) is 0 Å². The number of hydrogen-bond donors (Lipinski definition) is 0. The van der Waals surface area contributed by atoms with Crippen LogP contribution in [0.25, 0.3) is 0 Å². The summed E-state index contributed by atoms with van der Waals surface area (Å²) in [4.78, 5) is 0. The molecule has 1 aliphatic rings. The van der Waals surface area contributed by atoms with Crippen LogP contribution in [-0.2, 0) is 14.3 Å². The molecule has 0 aromatic rings. The zero-order valence-electron chi connectivity index (χ0n) is 8.04. The van der Waals surface area contributed by atoms with Crippen LogP contribution < -0.4 is 0 Å². The summed E-state index contributed by atoms with van der Waals surface area (Å²) in [6, 6.07) is 0. The molecule has 1 rings (SSSR count). The predicted octanol–water partition coefficient (Wildman–Crippen LogP) is 2.35. The summed E-state index contributed by atoms with van der Waals surface area (Å²) in [6.07, 6.45) is 2.41. The van der Waals surface area contributed by atoms with Crippen molar-refractivity contribution in [3.05, 3.63) is 11.6 Å². The first-order valence-electron chi connectivity index (χ1n) is 4.40. The van der Waals surface area contributed by atoms with Gasteiger partial charge in [-0.2, -0.15) is 21.6 Å². The van der Waals surface area contributed by atoms with Crippen LogP contribution in [0.2, 0.25) is 0 Å². The first kappa shape index (κ1) is 12.5. The van der Waals surface area contributed by atoms with Crippen LogP contribution >= 0.6 is 0 Å². The summed E-state index contributed by atoms with van der Waals surface area (Å²) in [5.74, 6) is 0. The van der Waals surface area contributed by atoms with Crippen molar-refractivity contribution in [3.63, 3.8) is 0 Å². The molecule has 88 valence electrons. The molecule has 0 fully saturated rings. The molecule has 3 nitrogen and oxygen atoms in total. The van der Waals surface area contributed by atoms with Crippen molar-refractivity contribution in [1.82, 2.24) is 0 Å². The van der Waals surface area contributed by atoms with E-state index >= 15 is 0 Å². The molecular formula is C8H11F3O3S. The molecule has 0 aromatic heterocycles. The highest BCUT2D eigenvalue weighted by Gasteiger charge is 2.48. The summed E-state index contributed by atoms with van der Waals surface area (Å²) < 4.78 is 61.5. The minimum atomic E-state index is -5.47. The number of allylic oxidation sites excluding steroid dienone is 1. The molecule has 1 aliphatic carbocycles. The van der Waals surface area contributed by atoms with E-state index in [9.17, 15) is 21.6 Å². The molecule has 0 amide bonds. The van der Waals surface area contributed by atoms with Gasteiger partial charge in [0.2, 0.25) is 0 Å². The van der Waals surface area contributed by atoms with Crippen molar-refractivity contribution < 1.29 is 25.8 Å². The number of alkyl halides is 3. The van der Waals surface area contributed by atoms with Crippen LogP contribution in [0.15, 0.2) is 11.6 Å². The molecule has 7 heteroatoms. The van der Waals surface area contributed by atoms with Crippen LogP contribution in [0.5, 0.6) is 0 Å². The van der Waals surface area contributed by atoms with E-state index < -0.39 is 21.7 Å². The van der Waals surface area contributed by atoms with Gasteiger partial charge in [-0.25, -0.2) is 0 Å². The molecule has 0 radical (unpaired) electrons. The van der Waals surface area contributed by atoms with E-state index in [1.165, 1.54) is 0 Å². The molecule has 0 N–H and O–H groups in total. The van der Waals surface area contributed by atoms with Crippen molar-refractivity contribution in [3.8, 4) is 0 Å². The lowest BCUT2D eigenvalue weighted by Gasteiger charge is -2.22. The molecule has 0 saturated heterocycles. The largest absolute Gasteiger partial charge is 0.523 e. The van der Waals surface area contributed by atoms with Gasteiger partial charge in [0.1, 0.15) is 0 Å². The highest BCUT2D eigenvalue weighted by molar-refractivity contribution is 7.87. The zero-order chi connectivity index (χ0) is 11.7. The van der Waals surface area contributed by atoms with Gasteiger partial charge in [0.25, 0.3) is 0 Å². The van der Waals surface area contributed by atoms with E-state index in [2.05, 4.69) is 4.18 Å². The van der Waals surface area contributed by atoms with Crippen molar-refractivity contribution in [2.24, 2.45) is 0 Å². The van der Waals surface area contributed by atoms with Gasteiger partial charge < -0.3 is 0 Å². The molecule has 1 unspecified atom stereocenters. The number of halogens is 3. The van der Waals surface area contributed by atoms with E-state index in [1.54, 1.807) is 13.0 Å². The Kier molecular flexibility index (Phi) is 3.44. The van der Waals surface area contributed by atoms with E-state index in [0.29, 0.717) is 18.4 Å². The lowest BCUT2D eigenvalue weighted by atomic mass is 9.98. The number of rotatable bonds is 2. The molecule has 0 saturated carbocycles. The Morgan fingerprint density at radius 3 is 2.53 bits per heavy atom. The Morgan fingerprint density at radius 2 is 2.07 bits per heavy atom. The van der Waals surface area contributed by atoms with Gasteiger partial charge in [-0.15, -0.1) is 0 Å². The SMILES string of the molecule is CC1=CCCCC1OS(=O)(=O)C(F)(F)F. The molecule has 1 atom stereocenters. The Labute approximate surface area is 86.0 Å².